The maximum absolute atomic E-state index is 6.41. The number of unbranched alkanes of at least 4 members (excludes halogenated alkanes) is 2. The molecule has 3 aliphatic carbocycles. The van der Waals surface area contributed by atoms with Crippen LogP contribution in [-0.2, 0) is 0 Å². The number of fused-ring (bicyclic) bond motifs is 3. The number of hydrogen-bond donors (Lipinski definition) is 0. The molecular formula is C19H33Cl. The maximum Gasteiger partial charge on any atom is 0.0338 e. The summed E-state index contributed by atoms with van der Waals surface area (Å²) in [5, 5.41) is 0.498. The second kappa shape index (κ2) is 7.03. The van der Waals surface area contributed by atoms with Crippen molar-refractivity contribution >= 4 is 11.6 Å². The van der Waals surface area contributed by atoms with E-state index in [1.165, 1.54) is 57.8 Å². The highest BCUT2D eigenvalue weighted by Gasteiger charge is 2.44. The molecule has 0 aromatic rings. The van der Waals surface area contributed by atoms with E-state index >= 15 is 0 Å². The van der Waals surface area contributed by atoms with E-state index in [0.29, 0.717) is 5.38 Å². The Hall–Kier alpha value is 0.290. The first-order chi connectivity index (χ1) is 9.78. The number of halogens is 1. The molecular weight excluding hydrogens is 264 g/mol. The highest BCUT2D eigenvalue weighted by atomic mass is 35.5. The van der Waals surface area contributed by atoms with Crippen molar-refractivity contribution in [2.24, 2.45) is 29.6 Å². The van der Waals surface area contributed by atoms with Crippen molar-refractivity contribution in [3.63, 3.8) is 0 Å². The predicted molar refractivity (Wildman–Crippen MR) is 88.2 cm³/mol. The van der Waals surface area contributed by atoms with E-state index in [0.717, 1.165) is 29.6 Å². The molecule has 6 atom stereocenters. The second-order valence-corrected chi connectivity index (χ2v) is 8.63. The molecule has 0 aromatic carbocycles. The lowest BCUT2D eigenvalue weighted by atomic mass is 9.56. The van der Waals surface area contributed by atoms with Crippen LogP contribution in [0.15, 0.2) is 0 Å². The van der Waals surface area contributed by atoms with Crippen molar-refractivity contribution in [2.75, 3.05) is 0 Å². The smallest absolute Gasteiger partial charge is 0.0338 e. The van der Waals surface area contributed by atoms with Crippen molar-refractivity contribution in [3.05, 3.63) is 0 Å². The Morgan fingerprint density at radius 2 is 1.50 bits per heavy atom. The van der Waals surface area contributed by atoms with Crippen molar-refractivity contribution in [1.29, 1.82) is 0 Å². The van der Waals surface area contributed by atoms with Gasteiger partial charge in [0.15, 0.2) is 0 Å². The molecule has 20 heavy (non-hydrogen) atoms. The molecule has 3 aliphatic rings. The third-order valence-corrected chi connectivity index (χ3v) is 7.20. The Morgan fingerprint density at radius 3 is 2.25 bits per heavy atom. The second-order valence-electron chi connectivity index (χ2n) is 8.01. The van der Waals surface area contributed by atoms with Crippen LogP contribution in [0.25, 0.3) is 0 Å². The number of rotatable bonds is 4. The van der Waals surface area contributed by atoms with Crippen molar-refractivity contribution in [3.8, 4) is 0 Å². The first-order valence-corrected chi connectivity index (χ1v) is 9.85. The van der Waals surface area contributed by atoms with E-state index in [1.54, 1.807) is 19.3 Å². The van der Waals surface area contributed by atoms with Crippen LogP contribution in [0.5, 0.6) is 0 Å². The molecule has 0 amide bonds. The molecule has 3 saturated carbocycles. The van der Waals surface area contributed by atoms with Crippen LogP contribution in [0.3, 0.4) is 0 Å². The van der Waals surface area contributed by atoms with E-state index in [9.17, 15) is 0 Å². The van der Waals surface area contributed by atoms with Gasteiger partial charge in [0.05, 0.1) is 0 Å². The SMILES string of the molecule is CCCCCC1CCC2C(CCC3CC(Cl)CCC32)C1. The van der Waals surface area contributed by atoms with Gasteiger partial charge >= 0.3 is 0 Å². The van der Waals surface area contributed by atoms with E-state index in [2.05, 4.69) is 6.92 Å². The summed E-state index contributed by atoms with van der Waals surface area (Å²) in [4.78, 5) is 0. The highest BCUT2D eigenvalue weighted by molar-refractivity contribution is 6.20. The molecule has 0 radical (unpaired) electrons. The monoisotopic (exact) mass is 296 g/mol. The molecule has 3 rings (SSSR count). The molecule has 0 saturated heterocycles. The van der Waals surface area contributed by atoms with Gasteiger partial charge in [0.2, 0.25) is 0 Å². The van der Waals surface area contributed by atoms with E-state index in [-0.39, 0.29) is 0 Å². The summed E-state index contributed by atoms with van der Waals surface area (Å²) in [6, 6.07) is 0. The van der Waals surface area contributed by atoms with Gasteiger partial charge in [-0.15, -0.1) is 11.6 Å². The Bertz CT molecular complexity index is 300. The minimum atomic E-state index is 0.498. The van der Waals surface area contributed by atoms with Crippen LogP contribution in [0.1, 0.15) is 84.0 Å². The van der Waals surface area contributed by atoms with Crippen LogP contribution < -0.4 is 0 Å². The molecule has 0 aromatic heterocycles. The summed E-state index contributed by atoms with van der Waals surface area (Å²) < 4.78 is 0. The van der Waals surface area contributed by atoms with Gasteiger partial charge in [0, 0.05) is 5.38 Å². The highest BCUT2D eigenvalue weighted by Crippen LogP contribution is 2.53. The summed E-state index contributed by atoms with van der Waals surface area (Å²) in [5.41, 5.74) is 0. The van der Waals surface area contributed by atoms with Gasteiger partial charge in [0.1, 0.15) is 0 Å². The van der Waals surface area contributed by atoms with Crippen LogP contribution in [0, 0.1) is 29.6 Å². The van der Waals surface area contributed by atoms with Gasteiger partial charge in [0.25, 0.3) is 0 Å². The standard InChI is InChI=1S/C19H33Cl/c1-2-3-4-5-14-6-10-18-15(12-14)7-8-16-13-17(20)9-11-19(16)18/h14-19H,2-13H2,1H3. The van der Waals surface area contributed by atoms with E-state index in [4.69, 9.17) is 11.6 Å². The summed E-state index contributed by atoms with van der Waals surface area (Å²) in [5.74, 6) is 5.29. The van der Waals surface area contributed by atoms with Gasteiger partial charge in [-0.25, -0.2) is 0 Å². The first kappa shape index (κ1) is 15.2. The first-order valence-electron chi connectivity index (χ1n) is 9.42. The molecule has 0 aliphatic heterocycles. The Morgan fingerprint density at radius 1 is 0.800 bits per heavy atom. The summed E-state index contributed by atoms with van der Waals surface area (Å²) in [7, 11) is 0. The predicted octanol–water partition coefficient (Wildman–Crippen LogP) is 6.42. The summed E-state index contributed by atoms with van der Waals surface area (Å²) in [6.45, 7) is 2.32. The lowest BCUT2D eigenvalue weighted by Gasteiger charge is -2.50. The zero-order valence-corrected chi connectivity index (χ0v) is 14.1. The van der Waals surface area contributed by atoms with Gasteiger partial charge in [-0.05, 0) is 74.5 Å². The Balaban J connectivity index is 1.52. The van der Waals surface area contributed by atoms with Crippen LogP contribution in [0.2, 0.25) is 0 Å². The third-order valence-electron chi connectivity index (χ3n) is 6.80. The molecule has 0 N–H and O–H groups in total. The fraction of sp³-hybridized carbons (Fsp3) is 1.00. The number of hydrogen-bond acceptors (Lipinski definition) is 0. The average Bonchev–Trinajstić information content (AvgIpc) is 2.47. The van der Waals surface area contributed by atoms with Crippen LogP contribution >= 0.6 is 11.6 Å². The van der Waals surface area contributed by atoms with Gasteiger partial charge in [-0.3, -0.25) is 0 Å². The fourth-order valence-corrected chi connectivity index (χ4v) is 6.13. The quantitative estimate of drug-likeness (QED) is 0.415. The van der Waals surface area contributed by atoms with Crippen molar-refractivity contribution < 1.29 is 0 Å². The van der Waals surface area contributed by atoms with Gasteiger partial charge in [-0.1, -0.05) is 39.0 Å². The van der Waals surface area contributed by atoms with Gasteiger partial charge in [-0.2, -0.15) is 0 Å². The zero-order chi connectivity index (χ0) is 13.9. The average molecular weight is 297 g/mol. The third kappa shape index (κ3) is 3.37. The maximum atomic E-state index is 6.41. The molecule has 116 valence electrons. The molecule has 0 bridgehead atoms. The molecule has 3 fully saturated rings. The number of alkyl halides is 1. The largest absolute Gasteiger partial charge is 0.123 e. The Labute approximate surface area is 131 Å². The van der Waals surface area contributed by atoms with Crippen molar-refractivity contribution in [1.82, 2.24) is 0 Å². The lowest BCUT2D eigenvalue weighted by Crippen LogP contribution is -2.41. The molecule has 6 unspecified atom stereocenters. The molecule has 1 heteroatoms. The molecule has 0 nitrogen and oxygen atoms in total. The Kier molecular flexibility index (Phi) is 5.34. The fourth-order valence-electron chi connectivity index (χ4n) is 5.78. The normalized spacial score (nSPS) is 44.7. The van der Waals surface area contributed by atoms with Crippen molar-refractivity contribution in [2.45, 2.75) is 89.4 Å². The summed E-state index contributed by atoms with van der Waals surface area (Å²) in [6.07, 6.45) is 17.6. The van der Waals surface area contributed by atoms with Crippen LogP contribution in [-0.4, -0.2) is 5.38 Å². The topological polar surface area (TPSA) is 0 Å². The summed E-state index contributed by atoms with van der Waals surface area (Å²) >= 11 is 6.41. The zero-order valence-electron chi connectivity index (χ0n) is 13.3. The van der Waals surface area contributed by atoms with Gasteiger partial charge < -0.3 is 0 Å². The minimum absolute atomic E-state index is 0.498. The minimum Gasteiger partial charge on any atom is -0.123 e. The lowest BCUT2D eigenvalue weighted by molar-refractivity contribution is 0.0110. The molecule has 0 spiro atoms. The van der Waals surface area contributed by atoms with Crippen LogP contribution in [0.4, 0.5) is 0 Å². The van der Waals surface area contributed by atoms with E-state index < -0.39 is 0 Å². The van der Waals surface area contributed by atoms with E-state index in [1.807, 2.05) is 0 Å². The molecule has 0 heterocycles.